The van der Waals surface area contributed by atoms with Crippen LogP contribution in [-0.2, 0) is 0 Å². The first kappa shape index (κ1) is 15.7. The minimum Gasteiger partial charge on any atom is -0.396 e. The van der Waals surface area contributed by atoms with Gasteiger partial charge in [0.1, 0.15) is 5.82 Å². The highest BCUT2D eigenvalue weighted by Gasteiger charge is 2.22. The van der Waals surface area contributed by atoms with E-state index in [1.165, 1.54) is 0 Å². The Morgan fingerprint density at radius 1 is 1.37 bits per heavy atom. The fraction of sp³-hybridized carbons (Fsp3) is 0.714. The van der Waals surface area contributed by atoms with Crippen LogP contribution < -0.4 is 10.6 Å². The highest BCUT2D eigenvalue weighted by Crippen LogP contribution is 2.23. The fourth-order valence-electron chi connectivity index (χ4n) is 1.75. The Bertz CT molecular complexity index is 397. The van der Waals surface area contributed by atoms with Gasteiger partial charge in [0.05, 0.1) is 0 Å². The van der Waals surface area contributed by atoms with Crippen LogP contribution in [0.5, 0.6) is 0 Å². The third kappa shape index (κ3) is 4.67. The van der Waals surface area contributed by atoms with E-state index in [0.29, 0.717) is 12.4 Å². The Balaban J connectivity index is 2.86. The van der Waals surface area contributed by atoms with Crippen LogP contribution in [0.1, 0.15) is 45.6 Å². The zero-order valence-corrected chi connectivity index (χ0v) is 12.5. The smallest absolute Gasteiger partial charge is 0.224 e. The van der Waals surface area contributed by atoms with Gasteiger partial charge in [0.25, 0.3) is 0 Å². The van der Waals surface area contributed by atoms with Crippen molar-refractivity contribution >= 4 is 11.8 Å². The van der Waals surface area contributed by atoms with E-state index in [0.717, 1.165) is 30.8 Å². The minimum atomic E-state index is -0.143. The number of hydrogen-bond acceptors (Lipinski definition) is 5. The topological polar surface area (TPSA) is 70.1 Å². The van der Waals surface area contributed by atoms with Gasteiger partial charge in [0.2, 0.25) is 5.95 Å². The van der Waals surface area contributed by atoms with Crippen LogP contribution in [0.4, 0.5) is 11.8 Å². The molecule has 0 aliphatic heterocycles. The normalized spacial score (nSPS) is 13.9. The molecule has 1 heterocycles. The second-order valence-electron chi connectivity index (χ2n) is 5.16. The molecule has 1 aromatic rings. The van der Waals surface area contributed by atoms with E-state index in [1.807, 2.05) is 13.1 Å². The molecule has 0 fully saturated rings. The summed E-state index contributed by atoms with van der Waals surface area (Å²) in [6.07, 6.45) is 4.49. The zero-order valence-electron chi connectivity index (χ0n) is 12.5. The molecule has 1 atom stereocenters. The third-order valence-electron chi connectivity index (χ3n) is 3.37. The second kappa shape index (κ2) is 7.28. The number of aryl methyl sites for hydroxylation is 1. The van der Waals surface area contributed by atoms with Gasteiger partial charge in [-0.05, 0) is 33.1 Å². The first-order valence-corrected chi connectivity index (χ1v) is 7.01. The molecule has 1 unspecified atom stereocenters. The maximum Gasteiger partial charge on any atom is 0.224 e. The molecule has 0 aliphatic carbocycles. The van der Waals surface area contributed by atoms with E-state index in [4.69, 9.17) is 5.11 Å². The molecule has 5 heteroatoms. The number of nitrogens with one attached hydrogen (secondary N) is 2. The van der Waals surface area contributed by atoms with E-state index in [2.05, 4.69) is 41.4 Å². The van der Waals surface area contributed by atoms with Gasteiger partial charge in [-0.25, -0.2) is 4.98 Å². The van der Waals surface area contributed by atoms with Crippen LogP contribution in [0, 0.1) is 6.92 Å². The molecular weight excluding hydrogens is 240 g/mol. The highest BCUT2D eigenvalue weighted by molar-refractivity contribution is 5.48. The number of aromatic nitrogens is 2. The molecule has 0 bridgehead atoms. The van der Waals surface area contributed by atoms with Gasteiger partial charge in [-0.3, -0.25) is 0 Å². The van der Waals surface area contributed by atoms with Gasteiger partial charge in [0, 0.05) is 30.5 Å². The molecule has 0 aromatic carbocycles. The minimum absolute atomic E-state index is 0.143. The van der Waals surface area contributed by atoms with Crippen molar-refractivity contribution in [3.05, 3.63) is 11.8 Å². The van der Waals surface area contributed by atoms with Gasteiger partial charge in [-0.2, -0.15) is 4.98 Å². The third-order valence-corrected chi connectivity index (χ3v) is 3.37. The standard InChI is InChI=1S/C14H26N4O/c1-5-8-15-13-16-10-11(3)12(17-13)18-14(4,6-2)7-9-19/h10,19H,5-9H2,1-4H3,(H2,15,16,17,18). The van der Waals surface area contributed by atoms with Crippen molar-refractivity contribution in [3.8, 4) is 0 Å². The van der Waals surface area contributed by atoms with Crippen molar-refractivity contribution in [1.29, 1.82) is 0 Å². The lowest BCUT2D eigenvalue weighted by Gasteiger charge is -2.30. The van der Waals surface area contributed by atoms with Crippen molar-refractivity contribution < 1.29 is 5.11 Å². The molecule has 0 aliphatic rings. The summed E-state index contributed by atoms with van der Waals surface area (Å²) in [5.41, 5.74) is 0.871. The van der Waals surface area contributed by atoms with Gasteiger partial charge in [-0.15, -0.1) is 0 Å². The molecule has 5 nitrogen and oxygen atoms in total. The second-order valence-corrected chi connectivity index (χ2v) is 5.16. The van der Waals surface area contributed by atoms with Crippen molar-refractivity contribution in [3.63, 3.8) is 0 Å². The Morgan fingerprint density at radius 3 is 2.68 bits per heavy atom. The summed E-state index contributed by atoms with van der Waals surface area (Å²) >= 11 is 0. The Labute approximate surface area is 115 Å². The van der Waals surface area contributed by atoms with Gasteiger partial charge in [-0.1, -0.05) is 13.8 Å². The van der Waals surface area contributed by atoms with Crippen molar-refractivity contribution in [1.82, 2.24) is 9.97 Å². The number of nitrogens with zero attached hydrogens (tertiary/aromatic N) is 2. The van der Waals surface area contributed by atoms with Crippen LogP contribution in [0.2, 0.25) is 0 Å². The van der Waals surface area contributed by atoms with E-state index in [-0.39, 0.29) is 12.1 Å². The van der Waals surface area contributed by atoms with Crippen molar-refractivity contribution in [2.24, 2.45) is 0 Å². The quantitative estimate of drug-likeness (QED) is 0.674. The summed E-state index contributed by atoms with van der Waals surface area (Å²) in [5, 5.41) is 15.8. The molecule has 1 rings (SSSR count). The number of rotatable bonds is 8. The average molecular weight is 266 g/mol. The Hall–Kier alpha value is -1.36. The summed E-state index contributed by atoms with van der Waals surface area (Å²) in [5.74, 6) is 1.49. The molecule has 0 saturated heterocycles. The molecule has 3 N–H and O–H groups in total. The van der Waals surface area contributed by atoms with E-state index >= 15 is 0 Å². The van der Waals surface area contributed by atoms with Crippen LogP contribution in [0.15, 0.2) is 6.20 Å². The molecule has 108 valence electrons. The van der Waals surface area contributed by atoms with Crippen LogP contribution in [0.25, 0.3) is 0 Å². The van der Waals surface area contributed by atoms with Gasteiger partial charge < -0.3 is 15.7 Å². The fourth-order valence-corrected chi connectivity index (χ4v) is 1.75. The first-order chi connectivity index (χ1) is 9.04. The molecule has 0 spiro atoms. The SMILES string of the molecule is CCCNc1ncc(C)c(NC(C)(CC)CCO)n1. The monoisotopic (exact) mass is 266 g/mol. The lowest BCUT2D eigenvalue weighted by molar-refractivity contribution is 0.251. The molecule has 0 saturated carbocycles. The number of hydrogen-bond donors (Lipinski definition) is 3. The van der Waals surface area contributed by atoms with E-state index in [9.17, 15) is 0 Å². The lowest BCUT2D eigenvalue weighted by atomic mass is 9.95. The van der Waals surface area contributed by atoms with Crippen LogP contribution >= 0.6 is 0 Å². The number of aliphatic hydroxyl groups excluding tert-OH is 1. The Morgan fingerprint density at radius 2 is 2.11 bits per heavy atom. The molecule has 19 heavy (non-hydrogen) atoms. The van der Waals surface area contributed by atoms with Gasteiger partial charge in [0.15, 0.2) is 0 Å². The van der Waals surface area contributed by atoms with E-state index in [1.54, 1.807) is 0 Å². The van der Waals surface area contributed by atoms with E-state index < -0.39 is 0 Å². The summed E-state index contributed by atoms with van der Waals surface area (Å²) < 4.78 is 0. The van der Waals surface area contributed by atoms with Crippen LogP contribution in [-0.4, -0.2) is 33.8 Å². The first-order valence-electron chi connectivity index (χ1n) is 7.01. The van der Waals surface area contributed by atoms with Crippen LogP contribution in [0.3, 0.4) is 0 Å². The number of aliphatic hydroxyl groups is 1. The molecule has 0 amide bonds. The zero-order chi connectivity index (χ0) is 14.3. The molecule has 1 aromatic heterocycles. The predicted molar refractivity (Wildman–Crippen MR) is 79.6 cm³/mol. The molecule has 0 radical (unpaired) electrons. The largest absolute Gasteiger partial charge is 0.396 e. The lowest BCUT2D eigenvalue weighted by Crippen LogP contribution is -2.35. The van der Waals surface area contributed by atoms with Gasteiger partial charge >= 0.3 is 0 Å². The maximum absolute atomic E-state index is 9.17. The summed E-state index contributed by atoms with van der Waals surface area (Å²) in [4.78, 5) is 8.78. The predicted octanol–water partition coefficient (Wildman–Crippen LogP) is 2.57. The summed E-state index contributed by atoms with van der Waals surface area (Å²) in [6.45, 7) is 9.34. The summed E-state index contributed by atoms with van der Waals surface area (Å²) in [6, 6.07) is 0. The molecular formula is C14H26N4O. The summed E-state index contributed by atoms with van der Waals surface area (Å²) in [7, 11) is 0. The van der Waals surface area contributed by atoms with Crippen molar-refractivity contribution in [2.45, 2.75) is 52.5 Å². The number of anilines is 2. The van der Waals surface area contributed by atoms with Crippen molar-refractivity contribution in [2.75, 3.05) is 23.8 Å². The maximum atomic E-state index is 9.17. The average Bonchev–Trinajstić information content (AvgIpc) is 2.40. The highest BCUT2D eigenvalue weighted by atomic mass is 16.3. The Kier molecular flexibility index (Phi) is 6.02.